The van der Waals surface area contributed by atoms with E-state index in [9.17, 15) is 9.59 Å². The van der Waals surface area contributed by atoms with Crippen LogP contribution in [-0.2, 0) is 9.53 Å². The number of nitrogens with one attached hydrogen (secondary N) is 2. The van der Waals surface area contributed by atoms with Crippen LogP contribution in [0.4, 0.5) is 4.79 Å². The fourth-order valence-corrected chi connectivity index (χ4v) is 1.47. The van der Waals surface area contributed by atoms with Crippen molar-refractivity contribution in [2.45, 2.75) is 46.0 Å². The molecule has 0 aromatic carbocycles. The fourth-order valence-electron chi connectivity index (χ4n) is 1.47. The van der Waals surface area contributed by atoms with Crippen LogP contribution in [0.2, 0.25) is 0 Å². The number of rotatable bonds is 9. The summed E-state index contributed by atoms with van der Waals surface area (Å²) in [5.41, 5.74) is 0. The van der Waals surface area contributed by atoms with Crippen LogP contribution in [0.3, 0.4) is 0 Å². The van der Waals surface area contributed by atoms with Gasteiger partial charge in [0.25, 0.3) is 0 Å². The van der Waals surface area contributed by atoms with Gasteiger partial charge in [0.1, 0.15) is 0 Å². The molecule has 0 saturated heterocycles. The number of methoxy groups -OCH3 is 1. The van der Waals surface area contributed by atoms with E-state index in [1.54, 1.807) is 0 Å². The van der Waals surface area contributed by atoms with E-state index < -0.39 is 0 Å². The monoisotopic (exact) mass is 258 g/mol. The van der Waals surface area contributed by atoms with Gasteiger partial charge in [-0.2, -0.15) is 0 Å². The third-order valence-electron chi connectivity index (χ3n) is 2.56. The molecule has 5 nitrogen and oxygen atoms in total. The van der Waals surface area contributed by atoms with Crippen molar-refractivity contribution in [2.75, 3.05) is 20.2 Å². The molecular formula is C13H26N2O3. The Bertz CT molecular complexity index is 242. The van der Waals surface area contributed by atoms with Crippen LogP contribution in [0.25, 0.3) is 0 Å². The Kier molecular flexibility index (Phi) is 10.1. The lowest BCUT2D eigenvalue weighted by Crippen LogP contribution is -2.36. The molecule has 0 aromatic rings. The van der Waals surface area contributed by atoms with Crippen molar-refractivity contribution in [3.63, 3.8) is 0 Å². The minimum atomic E-state index is -0.201. The summed E-state index contributed by atoms with van der Waals surface area (Å²) in [6.07, 6.45) is 4.07. The fraction of sp³-hybridized carbons (Fsp3) is 0.846. The summed E-state index contributed by atoms with van der Waals surface area (Å²) < 4.78 is 4.52. The molecular weight excluding hydrogens is 232 g/mol. The van der Waals surface area contributed by atoms with E-state index in [0.29, 0.717) is 25.4 Å². The highest BCUT2D eigenvalue weighted by atomic mass is 16.5. The van der Waals surface area contributed by atoms with E-state index in [0.717, 1.165) is 25.7 Å². The van der Waals surface area contributed by atoms with Gasteiger partial charge in [0.15, 0.2) is 0 Å². The van der Waals surface area contributed by atoms with Crippen LogP contribution in [0.15, 0.2) is 0 Å². The number of carbonyl (C=O) groups excluding carboxylic acids is 2. The van der Waals surface area contributed by atoms with Crippen LogP contribution in [0.5, 0.6) is 0 Å². The van der Waals surface area contributed by atoms with Gasteiger partial charge < -0.3 is 15.4 Å². The Morgan fingerprint density at radius 3 is 2.22 bits per heavy atom. The van der Waals surface area contributed by atoms with E-state index in [4.69, 9.17) is 0 Å². The van der Waals surface area contributed by atoms with E-state index in [1.807, 2.05) is 0 Å². The zero-order valence-corrected chi connectivity index (χ0v) is 11.8. The number of ether oxygens (including phenoxy) is 1. The van der Waals surface area contributed by atoms with Gasteiger partial charge in [-0.1, -0.05) is 13.8 Å². The predicted molar refractivity (Wildman–Crippen MR) is 71.3 cm³/mol. The molecule has 2 amide bonds. The molecule has 106 valence electrons. The average Bonchev–Trinajstić information content (AvgIpc) is 2.33. The number of carbonyl (C=O) groups is 2. The molecule has 0 fully saturated rings. The average molecular weight is 258 g/mol. The molecule has 18 heavy (non-hydrogen) atoms. The number of hydrogen-bond donors (Lipinski definition) is 2. The van der Waals surface area contributed by atoms with Gasteiger partial charge in [-0.3, -0.25) is 4.79 Å². The van der Waals surface area contributed by atoms with Crippen molar-refractivity contribution in [3.05, 3.63) is 0 Å². The second-order valence-corrected chi connectivity index (χ2v) is 4.75. The lowest BCUT2D eigenvalue weighted by atomic mass is 10.1. The number of hydrogen-bond acceptors (Lipinski definition) is 3. The number of amides is 2. The normalized spacial score (nSPS) is 10.2. The Morgan fingerprint density at radius 1 is 1.06 bits per heavy atom. The zero-order valence-electron chi connectivity index (χ0n) is 11.8. The van der Waals surface area contributed by atoms with Gasteiger partial charge in [0.05, 0.1) is 7.11 Å². The van der Waals surface area contributed by atoms with Crippen LogP contribution < -0.4 is 10.6 Å². The maximum absolute atomic E-state index is 11.3. The van der Waals surface area contributed by atoms with Crippen LogP contribution >= 0.6 is 0 Å². The highest BCUT2D eigenvalue weighted by Gasteiger charge is 2.01. The smallest absolute Gasteiger partial charge is 0.314 e. The lowest BCUT2D eigenvalue weighted by molar-refractivity contribution is -0.140. The van der Waals surface area contributed by atoms with Gasteiger partial charge in [-0.25, -0.2) is 4.79 Å². The van der Waals surface area contributed by atoms with E-state index >= 15 is 0 Å². The van der Waals surface area contributed by atoms with Crippen molar-refractivity contribution in [1.29, 1.82) is 0 Å². The van der Waals surface area contributed by atoms with Gasteiger partial charge in [-0.15, -0.1) is 0 Å². The summed E-state index contributed by atoms with van der Waals surface area (Å²) in [6.45, 7) is 5.64. The Balaban J connectivity index is 3.29. The topological polar surface area (TPSA) is 67.4 Å². The molecule has 0 saturated carbocycles. The van der Waals surface area contributed by atoms with Crippen molar-refractivity contribution < 1.29 is 14.3 Å². The molecule has 0 unspecified atom stereocenters. The van der Waals surface area contributed by atoms with Gasteiger partial charge in [0, 0.05) is 19.5 Å². The highest BCUT2D eigenvalue weighted by molar-refractivity contribution is 5.73. The summed E-state index contributed by atoms with van der Waals surface area (Å²) in [4.78, 5) is 22.1. The maximum Gasteiger partial charge on any atom is 0.314 e. The molecule has 0 aliphatic heterocycles. The number of unbranched alkanes of at least 4 members (excludes halogenated alkanes) is 1. The first-order valence-corrected chi connectivity index (χ1v) is 6.64. The van der Waals surface area contributed by atoms with Gasteiger partial charge in [-0.05, 0) is 31.6 Å². The predicted octanol–water partition coefficient (Wildman–Crippen LogP) is 2.07. The van der Waals surface area contributed by atoms with Crippen LogP contribution in [0.1, 0.15) is 46.0 Å². The first kappa shape index (κ1) is 16.7. The Labute approximate surface area is 110 Å². The summed E-state index contributed by atoms with van der Waals surface area (Å²) in [5.74, 6) is 0.473. The van der Waals surface area contributed by atoms with Crippen molar-refractivity contribution in [3.8, 4) is 0 Å². The lowest BCUT2D eigenvalue weighted by Gasteiger charge is -2.08. The third-order valence-corrected chi connectivity index (χ3v) is 2.56. The second-order valence-electron chi connectivity index (χ2n) is 4.75. The Morgan fingerprint density at radius 2 is 1.67 bits per heavy atom. The molecule has 2 N–H and O–H groups in total. The van der Waals surface area contributed by atoms with E-state index in [1.165, 1.54) is 7.11 Å². The van der Waals surface area contributed by atoms with Crippen LogP contribution in [0, 0.1) is 5.92 Å². The van der Waals surface area contributed by atoms with Gasteiger partial charge >= 0.3 is 12.0 Å². The second kappa shape index (κ2) is 10.9. The summed E-state index contributed by atoms with van der Waals surface area (Å²) in [6, 6.07) is -0.128. The first-order chi connectivity index (χ1) is 8.56. The molecule has 0 aliphatic carbocycles. The number of esters is 1. The number of urea groups is 1. The quantitative estimate of drug-likeness (QED) is 0.491. The molecule has 0 heterocycles. The van der Waals surface area contributed by atoms with Crippen molar-refractivity contribution in [2.24, 2.45) is 5.92 Å². The zero-order chi connectivity index (χ0) is 13.8. The Hall–Kier alpha value is -1.26. The van der Waals surface area contributed by atoms with Crippen molar-refractivity contribution >= 4 is 12.0 Å². The molecule has 0 radical (unpaired) electrons. The standard InChI is InChI=1S/C13H26N2O3/c1-11(2)7-6-10-15-13(17)14-9-5-4-8-12(16)18-3/h11H,4-10H2,1-3H3,(H2,14,15,17). The summed E-state index contributed by atoms with van der Waals surface area (Å²) in [5, 5.41) is 5.57. The molecule has 5 heteroatoms. The van der Waals surface area contributed by atoms with Crippen LogP contribution in [-0.4, -0.2) is 32.2 Å². The minimum absolute atomic E-state index is 0.128. The molecule has 0 bridgehead atoms. The molecule has 0 aliphatic rings. The SMILES string of the molecule is COC(=O)CCCCNC(=O)NCCCC(C)C. The molecule has 0 rings (SSSR count). The molecule has 0 aromatic heterocycles. The van der Waals surface area contributed by atoms with Crippen molar-refractivity contribution in [1.82, 2.24) is 10.6 Å². The third kappa shape index (κ3) is 11.2. The highest BCUT2D eigenvalue weighted by Crippen LogP contribution is 2.01. The molecule has 0 spiro atoms. The largest absolute Gasteiger partial charge is 0.469 e. The maximum atomic E-state index is 11.3. The summed E-state index contributed by atoms with van der Waals surface area (Å²) in [7, 11) is 1.38. The van der Waals surface area contributed by atoms with E-state index in [-0.39, 0.29) is 12.0 Å². The molecule has 0 atom stereocenters. The minimum Gasteiger partial charge on any atom is -0.469 e. The van der Waals surface area contributed by atoms with E-state index in [2.05, 4.69) is 29.2 Å². The summed E-state index contributed by atoms with van der Waals surface area (Å²) >= 11 is 0. The first-order valence-electron chi connectivity index (χ1n) is 6.64. The van der Waals surface area contributed by atoms with Gasteiger partial charge in [0.2, 0.25) is 0 Å².